The van der Waals surface area contributed by atoms with E-state index in [1.54, 1.807) is 12.1 Å². The molecule has 0 bridgehead atoms. The van der Waals surface area contributed by atoms with Gasteiger partial charge in [-0.3, -0.25) is 0 Å². The molecule has 0 spiro atoms. The molecule has 0 aliphatic heterocycles. The topological polar surface area (TPSA) is 72.2 Å². The van der Waals surface area contributed by atoms with Crippen LogP contribution in [0.2, 0.25) is 0 Å². The molecule has 5 heteroatoms. The number of aryl methyl sites for hydroxylation is 1. The Kier molecular flexibility index (Phi) is 4.54. The summed E-state index contributed by atoms with van der Waals surface area (Å²) in [7, 11) is -3.63. The normalized spacial score (nSPS) is 11.8. The molecule has 1 aromatic carbocycles. The van der Waals surface area contributed by atoms with Gasteiger partial charge in [-0.15, -0.1) is 0 Å². The van der Waals surface area contributed by atoms with Crippen LogP contribution in [0.15, 0.2) is 23.1 Å². The van der Waals surface area contributed by atoms with Crippen molar-refractivity contribution >= 4 is 15.7 Å². The lowest BCUT2D eigenvalue weighted by Gasteiger charge is -2.18. The van der Waals surface area contributed by atoms with E-state index < -0.39 is 10.0 Å². The standard InChI is InChI=1S/C12H20N2O2S/c1-4-10(5-2)14-12-8-11(17(13,15)16)7-6-9(12)3/h6-8,10,14H,4-5H2,1-3H3,(H2,13,15,16). The van der Waals surface area contributed by atoms with Crippen LogP contribution >= 0.6 is 0 Å². The van der Waals surface area contributed by atoms with Gasteiger partial charge in [0.05, 0.1) is 4.90 Å². The van der Waals surface area contributed by atoms with E-state index in [1.807, 2.05) is 6.92 Å². The Hall–Kier alpha value is -1.07. The van der Waals surface area contributed by atoms with Gasteiger partial charge in [-0.1, -0.05) is 19.9 Å². The van der Waals surface area contributed by atoms with Crippen LogP contribution in [-0.2, 0) is 10.0 Å². The second-order valence-electron chi connectivity index (χ2n) is 4.18. The smallest absolute Gasteiger partial charge is 0.238 e. The first-order valence-corrected chi connectivity index (χ1v) is 7.33. The lowest BCUT2D eigenvalue weighted by Crippen LogP contribution is -2.18. The van der Waals surface area contributed by atoms with E-state index in [2.05, 4.69) is 19.2 Å². The SMILES string of the molecule is CCC(CC)Nc1cc(S(N)(=O)=O)ccc1C. The van der Waals surface area contributed by atoms with E-state index in [0.717, 1.165) is 24.1 Å². The van der Waals surface area contributed by atoms with Crippen LogP contribution in [0, 0.1) is 6.92 Å². The summed E-state index contributed by atoms with van der Waals surface area (Å²) < 4.78 is 22.5. The van der Waals surface area contributed by atoms with Crippen molar-refractivity contribution in [3.05, 3.63) is 23.8 Å². The van der Waals surface area contributed by atoms with E-state index in [-0.39, 0.29) is 4.90 Å². The summed E-state index contributed by atoms with van der Waals surface area (Å²) in [6.45, 7) is 6.14. The third-order valence-electron chi connectivity index (χ3n) is 2.88. The molecule has 17 heavy (non-hydrogen) atoms. The van der Waals surface area contributed by atoms with Crippen molar-refractivity contribution in [1.29, 1.82) is 0 Å². The maximum absolute atomic E-state index is 11.3. The van der Waals surface area contributed by atoms with Gasteiger partial charge in [-0.05, 0) is 37.5 Å². The van der Waals surface area contributed by atoms with Crippen LogP contribution in [0.1, 0.15) is 32.3 Å². The quantitative estimate of drug-likeness (QED) is 0.848. The second kappa shape index (κ2) is 5.51. The number of hydrogen-bond donors (Lipinski definition) is 2. The molecule has 4 nitrogen and oxygen atoms in total. The summed E-state index contributed by atoms with van der Waals surface area (Å²) in [6, 6.07) is 5.25. The molecular weight excluding hydrogens is 236 g/mol. The molecule has 0 heterocycles. The Morgan fingerprint density at radius 1 is 1.29 bits per heavy atom. The molecule has 0 fully saturated rings. The van der Waals surface area contributed by atoms with E-state index in [4.69, 9.17) is 5.14 Å². The molecule has 1 aromatic rings. The predicted molar refractivity (Wildman–Crippen MR) is 70.5 cm³/mol. The van der Waals surface area contributed by atoms with E-state index in [9.17, 15) is 8.42 Å². The van der Waals surface area contributed by atoms with Gasteiger partial charge in [0, 0.05) is 11.7 Å². The Morgan fingerprint density at radius 2 is 1.88 bits per heavy atom. The first-order valence-electron chi connectivity index (χ1n) is 5.78. The summed E-state index contributed by atoms with van der Waals surface area (Å²) >= 11 is 0. The zero-order valence-electron chi connectivity index (χ0n) is 10.5. The van der Waals surface area contributed by atoms with E-state index in [1.165, 1.54) is 6.07 Å². The number of sulfonamides is 1. The predicted octanol–water partition coefficient (Wildman–Crippen LogP) is 2.24. The number of rotatable bonds is 5. The summed E-state index contributed by atoms with van der Waals surface area (Å²) in [5, 5.41) is 8.46. The molecule has 0 aliphatic rings. The van der Waals surface area contributed by atoms with Crippen molar-refractivity contribution in [2.75, 3.05) is 5.32 Å². The second-order valence-corrected chi connectivity index (χ2v) is 5.74. The summed E-state index contributed by atoms with van der Waals surface area (Å²) in [6.07, 6.45) is 1.99. The average Bonchev–Trinajstić information content (AvgIpc) is 2.26. The van der Waals surface area contributed by atoms with Gasteiger partial charge in [-0.25, -0.2) is 13.6 Å². The van der Waals surface area contributed by atoms with Crippen LogP contribution < -0.4 is 10.5 Å². The first-order chi connectivity index (χ1) is 7.88. The van der Waals surface area contributed by atoms with Crippen molar-refractivity contribution < 1.29 is 8.42 Å². The average molecular weight is 256 g/mol. The molecule has 0 aliphatic carbocycles. The number of primary sulfonamides is 1. The van der Waals surface area contributed by atoms with Crippen LogP contribution in [0.25, 0.3) is 0 Å². The Labute approximate surface area is 103 Å². The molecule has 0 amide bonds. The molecule has 0 saturated carbocycles. The fourth-order valence-electron chi connectivity index (χ4n) is 1.65. The molecule has 96 valence electrons. The summed E-state index contributed by atoms with van der Waals surface area (Å²) in [5.74, 6) is 0. The summed E-state index contributed by atoms with van der Waals surface area (Å²) in [4.78, 5) is 0.150. The maximum atomic E-state index is 11.3. The zero-order valence-corrected chi connectivity index (χ0v) is 11.3. The Bertz CT molecular complexity index is 479. The van der Waals surface area contributed by atoms with Gasteiger partial charge in [0.15, 0.2) is 0 Å². The third kappa shape index (κ3) is 3.71. The van der Waals surface area contributed by atoms with Gasteiger partial charge in [0.2, 0.25) is 10.0 Å². The molecule has 1 rings (SSSR count). The van der Waals surface area contributed by atoms with Gasteiger partial charge < -0.3 is 5.32 Å². The molecular formula is C12H20N2O2S. The van der Waals surface area contributed by atoms with Crippen molar-refractivity contribution in [1.82, 2.24) is 0 Å². The molecule has 0 unspecified atom stereocenters. The molecule has 3 N–H and O–H groups in total. The highest BCUT2D eigenvalue weighted by Crippen LogP contribution is 2.21. The van der Waals surface area contributed by atoms with Gasteiger partial charge in [-0.2, -0.15) is 0 Å². The Balaban J connectivity index is 3.07. The third-order valence-corrected chi connectivity index (χ3v) is 3.79. The van der Waals surface area contributed by atoms with Crippen molar-refractivity contribution in [2.24, 2.45) is 5.14 Å². The van der Waals surface area contributed by atoms with Crippen LogP contribution in [0.5, 0.6) is 0 Å². The van der Waals surface area contributed by atoms with Gasteiger partial charge in [0.25, 0.3) is 0 Å². The number of anilines is 1. The zero-order chi connectivity index (χ0) is 13.1. The number of hydrogen-bond acceptors (Lipinski definition) is 3. The Morgan fingerprint density at radius 3 is 2.35 bits per heavy atom. The first kappa shape index (κ1) is 14.0. The van der Waals surface area contributed by atoms with E-state index in [0.29, 0.717) is 6.04 Å². The largest absolute Gasteiger partial charge is 0.382 e. The van der Waals surface area contributed by atoms with Crippen molar-refractivity contribution in [3.63, 3.8) is 0 Å². The van der Waals surface area contributed by atoms with Gasteiger partial charge >= 0.3 is 0 Å². The summed E-state index contributed by atoms with van der Waals surface area (Å²) in [5.41, 5.74) is 1.86. The van der Waals surface area contributed by atoms with Crippen molar-refractivity contribution in [2.45, 2.75) is 44.6 Å². The number of nitrogens with two attached hydrogens (primary N) is 1. The minimum atomic E-state index is -3.63. The molecule has 0 saturated heterocycles. The lowest BCUT2D eigenvalue weighted by molar-refractivity contribution is 0.597. The van der Waals surface area contributed by atoms with E-state index >= 15 is 0 Å². The molecule has 0 atom stereocenters. The minimum absolute atomic E-state index is 0.150. The highest BCUT2D eigenvalue weighted by atomic mass is 32.2. The minimum Gasteiger partial charge on any atom is -0.382 e. The number of nitrogens with one attached hydrogen (secondary N) is 1. The fraction of sp³-hybridized carbons (Fsp3) is 0.500. The van der Waals surface area contributed by atoms with Gasteiger partial charge in [0.1, 0.15) is 0 Å². The fourth-order valence-corrected chi connectivity index (χ4v) is 2.19. The molecule has 0 aromatic heterocycles. The highest BCUT2D eigenvalue weighted by Gasteiger charge is 2.11. The monoisotopic (exact) mass is 256 g/mol. The van der Waals surface area contributed by atoms with Crippen LogP contribution in [-0.4, -0.2) is 14.5 Å². The van der Waals surface area contributed by atoms with Crippen molar-refractivity contribution in [3.8, 4) is 0 Å². The highest BCUT2D eigenvalue weighted by molar-refractivity contribution is 7.89. The maximum Gasteiger partial charge on any atom is 0.238 e. The molecule has 0 radical (unpaired) electrons. The lowest BCUT2D eigenvalue weighted by atomic mass is 10.1. The number of benzene rings is 1. The van der Waals surface area contributed by atoms with Crippen LogP contribution in [0.4, 0.5) is 5.69 Å². The van der Waals surface area contributed by atoms with Crippen LogP contribution in [0.3, 0.4) is 0 Å².